The first-order chi connectivity index (χ1) is 5.93. The molecular weight excluding hydrogens is 166 g/mol. The molecule has 2 heteroatoms. The van der Waals surface area contributed by atoms with Crippen molar-refractivity contribution >= 4 is 11.8 Å². The predicted molar refractivity (Wildman–Crippen MR) is 57.3 cm³/mol. The van der Waals surface area contributed by atoms with E-state index in [-0.39, 0.29) is 0 Å². The van der Waals surface area contributed by atoms with E-state index in [0.29, 0.717) is 0 Å². The first-order valence-corrected chi connectivity index (χ1v) is 5.97. The molecule has 0 bridgehead atoms. The van der Waals surface area contributed by atoms with Crippen LogP contribution < -0.4 is 5.32 Å². The smallest absolute Gasteiger partial charge is 0.0187 e. The summed E-state index contributed by atoms with van der Waals surface area (Å²) in [5.41, 5.74) is 0. The van der Waals surface area contributed by atoms with Gasteiger partial charge in [-0.1, -0.05) is 26.2 Å². The van der Waals surface area contributed by atoms with Crippen molar-refractivity contribution in [2.45, 2.75) is 39.0 Å². The molecular formula is C10H19NS. The van der Waals surface area contributed by atoms with Gasteiger partial charge in [0.2, 0.25) is 0 Å². The van der Waals surface area contributed by atoms with Crippen LogP contribution in [0.2, 0.25) is 0 Å². The second-order valence-corrected chi connectivity index (χ2v) is 4.45. The lowest BCUT2D eigenvalue weighted by molar-refractivity contribution is 0.707. The van der Waals surface area contributed by atoms with Gasteiger partial charge in [-0.25, -0.2) is 0 Å². The lowest BCUT2D eigenvalue weighted by Crippen LogP contribution is -1.96. The van der Waals surface area contributed by atoms with Gasteiger partial charge in [-0.15, -0.1) is 11.8 Å². The van der Waals surface area contributed by atoms with Crippen LogP contribution in [0.1, 0.15) is 39.0 Å². The molecule has 0 aromatic carbocycles. The zero-order valence-corrected chi connectivity index (χ0v) is 8.75. The zero-order chi connectivity index (χ0) is 8.65. The molecule has 12 heavy (non-hydrogen) atoms. The maximum atomic E-state index is 3.24. The molecule has 0 unspecified atom stereocenters. The highest BCUT2D eigenvalue weighted by Gasteiger charge is 2.02. The summed E-state index contributed by atoms with van der Waals surface area (Å²) in [7, 11) is 0. The summed E-state index contributed by atoms with van der Waals surface area (Å²) in [5, 5.41) is 3.24. The van der Waals surface area contributed by atoms with E-state index in [0.717, 1.165) is 6.54 Å². The van der Waals surface area contributed by atoms with E-state index in [1.165, 1.54) is 37.9 Å². The largest absolute Gasteiger partial charge is 0.390 e. The summed E-state index contributed by atoms with van der Waals surface area (Å²) < 4.78 is 0. The molecule has 0 fully saturated rings. The molecule has 0 amide bonds. The second-order valence-electron chi connectivity index (χ2n) is 3.22. The Balaban J connectivity index is 1.88. The van der Waals surface area contributed by atoms with Crippen molar-refractivity contribution < 1.29 is 0 Å². The van der Waals surface area contributed by atoms with E-state index in [1.54, 1.807) is 4.91 Å². The van der Waals surface area contributed by atoms with Crippen LogP contribution in [0, 0.1) is 0 Å². The van der Waals surface area contributed by atoms with Crippen molar-refractivity contribution in [1.29, 1.82) is 0 Å². The Labute approximate surface area is 80.0 Å². The maximum absolute atomic E-state index is 3.24. The van der Waals surface area contributed by atoms with E-state index in [9.17, 15) is 0 Å². The van der Waals surface area contributed by atoms with Crippen LogP contribution >= 0.6 is 11.8 Å². The minimum atomic E-state index is 1.15. The van der Waals surface area contributed by atoms with Gasteiger partial charge in [0.1, 0.15) is 0 Å². The third-order valence-electron chi connectivity index (χ3n) is 2.06. The topological polar surface area (TPSA) is 12.0 Å². The Morgan fingerprint density at radius 2 is 2.33 bits per heavy atom. The number of thioether (sulfide) groups is 1. The molecule has 0 radical (unpaired) electrons. The average Bonchev–Trinajstić information content (AvgIpc) is 2.57. The number of hydrogen-bond acceptors (Lipinski definition) is 2. The molecule has 70 valence electrons. The molecule has 0 saturated heterocycles. The van der Waals surface area contributed by atoms with E-state index < -0.39 is 0 Å². The van der Waals surface area contributed by atoms with E-state index in [2.05, 4.69) is 18.4 Å². The van der Waals surface area contributed by atoms with Gasteiger partial charge >= 0.3 is 0 Å². The zero-order valence-electron chi connectivity index (χ0n) is 7.94. The number of nitrogens with one attached hydrogen (secondary N) is 1. The Hall–Kier alpha value is -0.110. The molecule has 0 saturated carbocycles. The number of rotatable bonds is 6. The Kier molecular flexibility index (Phi) is 5.33. The molecule has 1 rings (SSSR count). The molecule has 1 nitrogen and oxygen atoms in total. The molecule has 1 N–H and O–H groups in total. The van der Waals surface area contributed by atoms with E-state index in [4.69, 9.17) is 0 Å². The summed E-state index contributed by atoms with van der Waals surface area (Å²) in [6, 6.07) is 0. The van der Waals surface area contributed by atoms with Crippen LogP contribution in [0.3, 0.4) is 0 Å². The fourth-order valence-electron chi connectivity index (χ4n) is 1.30. The Morgan fingerprint density at radius 1 is 1.42 bits per heavy atom. The van der Waals surface area contributed by atoms with Crippen molar-refractivity contribution in [2.75, 3.05) is 12.3 Å². The van der Waals surface area contributed by atoms with Crippen LogP contribution in [0.25, 0.3) is 0 Å². The molecule has 0 aromatic rings. The Bertz CT molecular complexity index is 143. The summed E-state index contributed by atoms with van der Waals surface area (Å²) in [6.07, 6.45) is 8.95. The van der Waals surface area contributed by atoms with Crippen molar-refractivity contribution in [3.05, 3.63) is 11.1 Å². The third-order valence-corrected chi connectivity index (χ3v) is 3.25. The molecule has 0 aromatic heterocycles. The van der Waals surface area contributed by atoms with Gasteiger partial charge in [-0.3, -0.25) is 0 Å². The summed E-state index contributed by atoms with van der Waals surface area (Å²) in [5.74, 6) is 1.31. The SMILES string of the molecule is CCCCCCSC1=CNCC1. The van der Waals surface area contributed by atoms with Gasteiger partial charge in [-0.05, 0) is 18.6 Å². The number of unbranched alkanes of at least 4 members (excludes halogenated alkanes) is 3. The van der Waals surface area contributed by atoms with Crippen LogP contribution in [-0.4, -0.2) is 12.3 Å². The average molecular weight is 185 g/mol. The van der Waals surface area contributed by atoms with Crippen molar-refractivity contribution in [2.24, 2.45) is 0 Å². The lowest BCUT2D eigenvalue weighted by Gasteiger charge is -2.00. The van der Waals surface area contributed by atoms with Gasteiger partial charge in [-0.2, -0.15) is 0 Å². The Morgan fingerprint density at radius 3 is 3.00 bits per heavy atom. The quantitative estimate of drug-likeness (QED) is 0.638. The standard InChI is InChI=1S/C10H19NS/c1-2-3-4-5-8-12-10-6-7-11-9-10/h9,11H,2-8H2,1H3. The normalized spacial score (nSPS) is 15.9. The number of hydrogen-bond donors (Lipinski definition) is 1. The van der Waals surface area contributed by atoms with E-state index >= 15 is 0 Å². The van der Waals surface area contributed by atoms with Gasteiger partial charge in [0.25, 0.3) is 0 Å². The highest BCUT2D eigenvalue weighted by molar-refractivity contribution is 8.03. The van der Waals surface area contributed by atoms with Crippen molar-refractivity contribution in [3.8, 4) is 0 Å². The van der Waals surface area contributed by atoms with Crippen LogP contribution in [0.4, 0.5) is 0 Å². The summed E-state index contributed by atoms with van der Waals surface area (Å²) >= 11 is 2.03. The maximum Gasteiger partial charge on any atom is 0.0187 e. The highest BCUT2D eigenvalue weighted by Crippen LogP contribution is 2.22. The first-order valence-electron chi connectivity index (χ1n) is 4.98. The molecule has 0 spiro atoms. The van der Waals surface area contributed by atoms with Gasteiger partial charge < -0.3 is 5.32 Å². The van der Waals surface area contributed by atoms with Crippen molar-refractivity contribution in [3.63, 3.8) is 0 Å². The fourth-order valence-corrected chi connectivity index (χ4v) is 2.32. The molecule has 1 heterocycles. The lowest BCUT2D eigenvalue weighted by atomic mass is 10.2. The van der Waals surface area contributed by atoms with Crippen molar-refractivity contribution in [1.82, 2.24) is 5.32 Å². The third kappa shape index (κ3) is 4.05. The second kappa shape index (κ2) is 6.41. The molecule has 1 aliphatic rings. The van der Waals surface area contributed by atoms with Gasteiger partial charge in [0, 0.05) is 17.6 Å². The minimum absolute atomic E-state index is 1.15. The van der Waals surface area contributed by atoms with Gasteiger partial charge in [0.15, 0.2) is 0 Å². The fraction of sp³-hybridized carbons (Fsp3) is 0.800. The molecule has 0 atom stereocenters. The monoisotopic (exact) mass is 185 g/mol. The summed E-state index contributed by atoms with van der Waals surface area (Å²) in [4.78, 5) is 1.55. The van der Waals surface area contributed by atoms with Crippen LogP contribution in [-0.2, 0) is 0 Å². The molecule has 0 aliphatic carbocycles. The van der Waals surface area contributed by atoms with Crippen LogP contribution in [0.15, 0.2) is 11.1 Å². The molecule has 1 aliphatic heterocycles. The first kappa shape index (κ1) is 9.97. The van der Waals surface area contributed by atoms with Crippen LogP contribution in [0.5, 0.6) is 0 Å². The van der Waals surface area contributed by atoms with E-state index in [1.807, 2.05) is 11.8 Å². The highest BCUT2D eigenvalue weighted by atomic mass is 32.2. The minimum Gasteiger partial charge on any atom is -0.390 e. The predicted octanol–water partition coefficient (Wildman–Crippen LogP) is 3.13. The summed E-state index contributed by atoms with van der Waals surface area (Å²) in [6.45, 7) is 3.41. The van der Waals surface area contributed by atoms with Gasteiger partial charge in [0.05, 0.1) is 0 Å².